The molecule has 2 rings (SSSR count). The van der Waals surface area contributed by atoms with Crippen molar-refractivity contribution in [2.24, 2.45) is 0 Å². The van der Waals surface area contributed by atoms with Crippen molar-refractivity contribution in [3.8, 4) is 0 Å². The van der Waals surface area contributed by atoms with Crippen LogP contribution in [-0.4, -0.2) is 35.2 Å². The Kier molecular flexibility index (Phi) is 5.69. The Balaban J connectivity index is 1.86. The van der Waals surface area contributed by atoms with Gasteiger partial charge in [0.2, 0.25) is 0 Å². The van der Waals surface area contributed by atoms with Gasteiger partial charge in [0.05, 0.1) is 5.69 Å². The van der Waals surface area contributed by atoms with Crippen molar-refractivity contribution >= 4 is 23.0 Å². The van der Waals surface area contributed by atoms with Gasteiger partial charge < -0.3 is 10.6 Å². The molecule has 0 saturated carbocycles. The standard InChI is InChI=1S/C16H23F2N3S/c1-16(2,21-8-4-3-5-9-21)11-19-15(22)20-14-7-6-12(17)10-13(14)18/h6-7,10H,3-5,8-9,11H2,1-2H3,(H2,19,20,22). The number of benzene rings is 1. The van der Waals surface area contributed by atoms with E-state index in [0.717, 1.165) is 19.2 Å². The van der Waals surface area contributed by atoms with Crippen LogP contribution >= 0.6 is 12.2 Å². The summed E-state index contributed by atoms with van der Waals surface area (Å²) in [7, 11) is 0. The second-order valence-electron chi connectivity index (χ2n) is 6.29. The molecular weight excluding hydrogens is 304 g/mol. The molecule has 0 aliphatic carbocycles. The average Bonchev–Trinajstić information content (AvgIpc) is 2.49. The lowest BCUT2D eigenvalue weighted by atomic mass is 9.98. The SMILES string of the molecule is CC(C)(CNC(=S)Nc1ccc(F)cc1F)N1CCCCC1. The normalized spacial score (nSPS) is 16.4. The minimum absolute atomic E-state index is 0.0203. The van der Waals surface area contributed by atoms with Gasteiger partial charge in [-0.15, -0.1) is 0 Å². The molecule has 0 radical (unpaired) electrons. The van der Waals surface area contributed by atoms with Crippen LogP contribution < -0.4 is 10.6 Å². The zero-order valence-electron chi connectivity index (χ0n) is 13.1. The Hall–Kier alpha value is -1.27. The number of rotatable bonds is 4. The third kappa shape index (κ3) is 4.61. The molecule has 1 fully saturated rings. The molecule has 22 heavy (non-hydrogen) atoms. The Labute approximate surface area is 136 Å². The maximum absolute atomic E-state index is 13.6. The van der Waals surface area contributed by atoms with E-state index in [4.69, 9.17) is 12.2 Å². The molecule has 1 aliphatic rings. The Morgan fingerprint density at radius 3 is 2.55 bits per heavy atom. The summed E-state index contributed by atoms with van der Waals surface area (Å²) in [5.74, 6) is -1.26. The highest BCUT2D eigenvalue weighted by Crippen LogP contribution is 2.20. The Bertz CT molecular complexity index is 528. The van der Waals surface area contributed by atoms with Gasteiger partial charge in [-0.05, 0) is 64.1 Å². The fraction of sp³-hybridized carbons (Fsp3) is 0.562. The smallest absolute Gasteiger partial charge is 0.170 e. The van der Waals surface area contributed by atoms with Crippen molar-refractivity contribution in [1.29, 1.82) is 0 Å². The second kappa shape index (κ2) is 7.33. The van der Waals surface area contributed by atoms with Crippen molar-refractivity contribution in [1.82, 2.24) is 10.2 Å². The van der Waals surface area contributed by atoms with Crippen LogP contribution in [0, 0.1) is 11.6 Å². The second-order valence-corrected chi connectivity index (χ2v) is 6.70. The van der Waals surface area contributed by atoms with Gasteiger partial charge in [0.1, 0.15) is 11.6 Å². The van der Waals surface area contributed by atoms with E-state index in [1.54, 1.807) is 0 Å². The van der Waals surface area contributed by atoms with Crippen molar-refractivity contribution in [3.63, 3.8) is 0 Å². The average molecular weight is 327 g/mol. The van der Waals surface area contributed by atoms with E-state index in [1.807, 2.05) is 0 Å². The third-order valence-corrected chi connectivity index (χ3v) is 4.32. The van der Waals surface area contributed by atoms with Crippen LogP contribution in [0.2, 0.25) is 0 Å². The number of piperidine rings is 1. The molecule has 122 valence electrons. The molecular formula is C16H23F2N3S. The molecule has 0 atom stereocenters. The quantitative estimate of drug-likeness (QED) is 0.828. The zero-order chi connectivity index (χ0) is 16.2. The number of likely N-dealkylation sites (tertiary alicyclic amines) is 1. The van der Waals surface area contributed by atoms with E-state index in [1.165, 1.54) is 31.4 Å². The molecule has 1 heterocycles. The zero-order valence-corrected chi connectivity index (χ0v) is 13.9. The van der Waals surface area contributed by atoms with Crippen molar-refractivity contribution in [3.05, 3.63) is 29.8 Å². The fourth-order valence-corrected chi connectivity index (χ4v) is 2.85. The highest BCUT2D eigenvalue weighted by atomic mass is 32.1. The predicted octanol–water partition coefficient (Wildman–Crippen LogP) is 3.52. The first-order valence-corrected chi connectivity index (χ1v) is 8.04. The maximum atomic E-state index is 13.6. The molecule has 1 aromatic carbocycles. The molecule has 1 aliphatic heterocycles. The number of nitrogens with one attached hydrogen (secondary N) is 2. The number of hydrogen-bond donors (Lipinski definition) is 2. The minimum atomic E-state index is -0.653. The van der Waals surface area contributed by atoms with Crippen LogP contribution in [0.25, 0.3) is 0 Å². The van der Waals surface area contributed by atoms with E-state index in [2.05, 4.69) is 29.4 Å². The number of nitrogens with zero attached hydrogens (tertiary/aromatic N) is 1. The number of hydrogen-bond acceptors (Lipinski definition) is 2. The van der Waals surface area contributed by atoms with Gasteiger partial charge in [-0.3, -0.25) is 4.90 Å². The highest BCUT2D eigenvalue weighted by molar-refractivity contribution is 7.80. The Morgan fingerprint density at radius 1 is 1.23 bits per heavy atom. The monoisotopic (exact) mass is 327 g/mol. The van der Waals surface area contributed by atoms with Crippen LogP contribution in [0.3, 0.4) is 0 Å². The Morgan fingerprint density at radius 2 is 1.91 bits per heavy atom. The van der Waals surface area contributed by atoms with Crippen molar-refractivity contribution in [2.75, 3.05) is 25.0 Å². The summed E-state index contributed by atoms with van der Waals surface area (Å²) in [6.07, 6.45) is 3.75. The summed E-state index contributed by atoms with van der Waals surface area (Å²) in [6.45, 7) is 7.21. The van der Waals surface area contributed by atoms with E-state index in [0.29, 0.717) is 11.7 Å². The summed E-state index contributed by atoms with van der Waals surface area (Å²) in [5, 5.41) is 6.25. The first-order chi connectivity index (χ1) is 10.4. The molecule has 0 bridgehead atoms. The van der Waals surface area contributed by atoms with Gasteiger partial charge in [0.15, 0.2) is 5.11 Å². The highest BCUT2D eigenvalue weighted by Gasteiger charge is 2.27. The van der Waals surface area contributed by atoms with E-state index < -0.39 is 11.6 Å². The summed E-state index contributed by atoms with van der Waals surface area (Å²) in [5.41, 5.74) is 0.155. The van der Waals surface area contributed by atoms with Crippen molar-refractivity contribution in [2.45, 2.75) is 38.6 Å². The maximum Gasteiger partial charge on any atom is 0.170 e. The van der Waals surface area contributed by atoms with Crippen LogP contribution in [0.1, 0.15) is 33.1 Å². The lowest BCUT2D eigenvalue weighted by Gasteiger charge is -2.41. The van der Waals surface area contributed by atoms with E-state index in [9.17, 15) is 8.78 Å². The van der Waals surface area contributed by atoms with Crippen LogP contribution in [0.4, 0.5) is 14.5 Å². The largest absolute Gasteiger partial charge is 0.361 e. The number of halogens is 2. The van der Waals surface area contributed by atoms with Crippen molar-refractivity contribution < 1.29 is 8.78 Å². The van der Waals surface area contributed by atoms with Gasteiger partial charge in [0.25, 0.3) is 0 Å². The summed E-state index contributed by atoms with van der Waals surface area (Å²) < 4.78 is 26.5. The van der Waals surface area contributed by atoms with Gasteiger partial charge in [0, 0.05) is 18.2 Å². The molecule has 2 N–H and O–H groups in total. The first-order valence-electron chi connectivity index (χ1n) is 7.63. The van der Waals surface area contributed by atoms with Crippen LogP contribution in [0.15, 0.2) is 18.2 Å². The summed E-state index contributed by atoms with van der Waals surface area (Å²) in [6, 6.07) is 3.38. The molecule has 0 aromatic heterocycles. The molecule has 0 unspecified atom stereocenters. The minimum Gasteiger partial charge on any atom is -0.361 e. The van der Waals surface area contributed by atoms with Crippen LogP contribution in [-0.2, 0) is 0 Å². The molecule has 6 heteroatoms. The lowest BCUT2D eigenvalue weighted by Crippen LogP contribution is -2.53. The lowest BCUT2D eigenvalue weighted by molar-refractivity contribution is 0.0986. The topological polar surface area (TPSA) is 27.3 Å². The first kappa shape index (κ1) is 17.1. The molecule has 0 amide bonds. The van der Waals surface area contributed by atoms with Gasteiger partial charge in [-0.1, -0.05) is 6.42 Å². The molecule has 1 saturated heterocycles. The predicted molar refractivity (Wildman–Crippen MR) is 90.1 cm³/mol. The van der Waals surface area contributed by atoms with Gasteiger partial charge in [-0.2, -0.15) is 0 Å². The summed E-state index contributed by atoms with van der Waals surface area (Å²) in [4.78, 5) is 2.45. The van der Waals surface area contributed by atoms with Crippen LogP contribution in [0.5, 0.6) is 0 Å². The number of anilines is 1. The fourth-order valence-electron chi connectivity index (χ4n) is 2.66. The van der Waals surface area contributed by atoms with Gasteiger partial charge >= 0.3 is 0 Å². The summed E-state index contributed by atoms with van der Waals surface area (Å²) >= 11 is 5.20. The molecule has 0 spiro atoms. The molecule has 1 aromatic rings. The van der Waals surface area contributed by atoms with E-state index >= 15 is 0 Å². The van der Waals surface area contributed by atoms with E-state index in [-0.39, 0.29) is 11.2 Å². The van der Waals surface area contributed by atoms with Gasteiger partial charge in [-0.25, -0.2) is 8.78 Å². The number of thiocarbonyl (C=S) groups is 1. The third-order valence-electron chi connectivity index (χ3n) is 4.07. The molecule has 3 nitrogen and oxygen atoms in total.